The zero-order valence-electron chi connectivity index (χ0n) is 11.9. The minimum Gasteiger partial charge on any atom is -0.469 e. The van der Waals surface area contributed by atoms with Gasteiger partial charge in [-0.15, -0.1) is 0 Å². The van der Waals surface area contributed by atoms with Crippen molar-refractivity contribution in [2.45, 2.75) is 38.5 Å². The van der Waals surface area contributed by atoms with Crippen LogP contribution in [0.25, 0.3) is 0 Å². The van der Waals surface area contributed by atoms with Gasteiger partial charge in [-0.1, -0.05) is 36.8 Å². The number of nitrogens with one attached hydrogen (secondary N) is 1. The van der Waals surface area contributed by atoms with Gasteiger partial charge in [0.2, 0.25) is 0 Å². The van der Waals surface area contributed by atoms with Crippen LogP contribution < -0.4 is 5.32 Å². The highest BCUT2D eigenvalue weighted by atomic mass is 16.5. The standard InChI is InChI=1S/C16H25NO2/c1-19-16(18)12-6-3-7-13-17-14-8-11-15-9-4-2-5-10-15/h2,4-5,9-10,17H,3,6-8,11-14H2,1H3. The first-order chi connectivity index (χ1) is 9.33. The summed E-state index contributed by atoms with van der Waals surface area (Å²) in [6.07, 6.45) is 5.99. The van der Waals surface area contributed by atoms with Crippen LogP contribution in [0.3, 0.4) is 0 Å². The molecule has 1 aromatic rings. The summed E-state index contributed by atoms with van der Waals surface area (Å²) in [6.45, 7) is 2.10. The van der Waals surface area contributed by atoms with Crippen molar-refractivity contribution in [1.29, 1.82) is 0 Å². The van der Waals surface area contributed by atoms with E-state index >= 15 is 0 Å². The van der Waals surface area contributed by atoms with E-state index in [4.69, 9.17) is 0 Å². The van der Waals surface area contributed by atoms with Gasteiger partial charge in [-0.05, 0) is 44.3 Å². The molecule has 1 N–H and O–H groups in total. The second-order valence-corrected chi connectivity index (χ2v) is 4.73. The second kappa shape index (κ2) is 10.6. The SMILES string of the molecule is COC(=O)CCCCCNCCCc1ccccc1. The van der Waals surface area contributed by atoms with Crippen molar-refractivity contribution >= 4 is 5.97 Å². The van der Waals surface area contributed by atoms with Gasteiger partial charge < -0.3 is 10.1 Å². The molecule has 0 radical (unpaired) electrons. The summed E-state index contributed by atoms with van der Waals surface area (Å²) >= 11 is 0. The van der Waals surface area contributed by atoms with Gasteiger partial charge in [-0.25, -0.2) is 0 Å². The number of carbonyl (C=O) groups excluding carboxylic acids is 1. The van der Waals surface area contributed by atoms with Gasteiger partial charge in [-0.2, -0.15) is 0 Å². The lowest BCUT2D eigenvalue weighted by atomic mass is 10.1. The van der Waals surface area contributed by atoms with E-state index in [1.165, 1.54) is 19.1 Å². The minimum atomic E-state index is -0.101. The highest BCUT2D eigenvalue weighted by Gasteiger charge is 1.98. The summed E-state index contributed by atoms with van der Waals surface area (Å²) in [7, 11) is 1.44. The summed E-state index contributed by atoms with van der Waals surface area (Å²) in [5.41, 5.74) is 1.40. The Morgan fingerprint density at radius 3 is 2.53 bits per heavy atom. The second-order valence-electron chi connectivity index (χ2n) is 4.73. The molecular weight excluding hydrogens is 238 g/mol. The lowest BCUT2D eigenvalue weighted by Gasteiger charge is -2.05. The molecule has 1 aromatic carbocycles. The van der Waals surface area contributed by atoms with E-state index in [1.54, 1.807) is 0 Å². The fourth-order valence-corrected chi connectivity index (χ4v) is 1.99. The maximum absolute atomic E-state index is 10.9. The Kier molecular flexibility index (Phi) is 8.73. The average molecular weight is 263 g/mol. The van der Waals surface area contributed by atoms with Crippen LogP contribution in [0.2, 0.25) is 0 Å². The fourth-order valence-electron chi connectivity index (χ4n) is 1.99. The maximum atomic E-state index is 10.9. The Bertz CT molecular complexity index is 338. The Morgan fingerprint density at radius 2 is 1.79 bits per heavy atom. The van der Waals surface area contributed by atoms with Crippen LogP contribution in [0.15, 0.2) is 30.3 Å². The lowest BCUT2D eigenvalue weighted by Crippen LogP contribution is -2.17. The maximum Gasteiger partial charge on any atom is 0.305 e. The number of hydrogen-bond donors (Lipinski definition) is 1. The molecule has 0 aliphatic carbocycles. The topological polar surface area (TPSA) is 38.3 Å². The molecule has 3 heteroatoms. The summed E-state index contributed by atoms with van der Waals surface area (Å²) in [4.78, 5) is 10.9. The van der Waals surface area contributed by atoms with Crippen LogP contribution >= 0.6 is 0 Å². The van der Waals surface area contributed by atoms with Crippen LogP contribution in [0.1, 0.15) is 37.7 Å². The molecule has 19 heavy (non-hydrogen) atoms. The van der Waals surface area contributed by atoms with E-state index < -0.39 is 0 Å². The number of carbonyl (C=O) groups is 1. The number of esters is 1. The van der Waals surface area contributed by atoms with Crippen molar-refractivity contribution in [1.82, 2.24) is 5.32 Å². The Morgan fingerprint density at radius 1 is 1.05 bits per heavy atom. The molecule has 0 saturated heterocycles. The van der Waals surface area contributed by atoms with Gasteiger partial charge in [0.25, 0.3) is 0 Å². The molecule has 1 rings (SSSR count). The normalized spacial score (nSPS) is 10.4. The molecule has 106 valence electrons. The Balaban J connectivity index is 1.85. The largest absolute Gasteiger partial charge is 0.469 e. The monoisotopic (exact) mass is 263 g/mol. The Labute approximate surface area is 116 Å². The number of unbranched alkanes of at least 4 members (excludes halogenated alkanes) is 2. The zero-order valence-corrected chi connectivity index (χ0v) is 11.9. The molecule has 0 aromatic heterocycles. The van der Waals surface area contributed by atoms with Crippen molar-refractivity contribution in [3.05, 3.63) is 35.9 Å². The molecule has 0 saturated carbocycles. The molecule has 0 bridgehead atoms. The van der Waals surface area contributed by atoms with E-state index in [0.29, 0.717) is 6.42 Å². The van der Waals surface area contributed by atoms with E-state index in [2.05, 4.69) is 40.4 Å². The molecule has 0 aliphatic heterocycles. The molecule has 3 nitrogen and oxygen atoms in total. The van der Waals surface area contributed by atoms with Gasteiger partial charge >= 0.3 is 5.97 Å². The van der Waals surface area contributed by atoms with Crippen LogP contribution in [-0.4, -0.2) is 26.2 Å². The van der Waals surface area contributed by atoms with Crippen molar-refractivity contribution in [3.63, 3.8) is 0 Å². The molecule has 0 fully saturated rings. The summed E-state index contributed by atoms with van der Waals surface area (Å²) < 4.78 is 4.60. The first-order valence-corrected chi connectivity index (χ1v) is 7.14. The third-order valence-electron chi connectivity index (χ3n) is 3.12. The van der Waals surface area contributed by atoms with Crippen molar-refractivity contribution < 1.29 is 9.53 Å². The van der Waals surface area contributed by atoms with Crippen molar-refractivity contribution in [2.75, 3.05) is 20.2 Å². The zero-order chi connectivity index (χ0) is 13.8. The minimum absolute atomic E-state index is 0.101. The first-order valence-electron chi connectivity index (χ1n) is 7.14. The van der Waals surface area contributed by atoms with Gasteiger partial charge in [-0.3, -0.25) is 4.79 Å². The van der Waals surface area contributed by atoms with Gasteiger partial charge in [0.1, 0.15) is 0 Å². The third-order valence-corrected chi connectivity index (χ3v) is 3.12. The van der Waals surface area contributed by atoms with E-state index in [0.717, 1.165) is 38.8 Å². The quantitative estimate of drug-likeness (QED) is 0.521. The number of aryl methyl sites for hydroxylation is 1. The summed E-state index contributed by atoms with van der Waals surface area (Å²) in [5.74, 6) is -0.101. The average Bonchev–Trinajstić information content (AvgIpc) is 2.46. The van der Waals surface area contributed by atoms with Crippen LogP contribution in [0.4, 0.5) is 0 Å². The first kappa shape index (κ1) is 15.7. The molecule has 0 heterocycles. The summed E-state index contributed by atoms with van der Waals surface area (Å²) in [6, 6.07) is 10.6. The number of methoxy groups -OCH3 is 1. The van der Waals surface area contributed by atoms with Crippen molar-refractivity contribution in [2.24, 2.45) is 0 Å². The van der Waals surface area contributed by atoms with Crippen molar-refractivity contribution in [3.8, 4) is 0 Å². The van der Waals surface area contributed by atoms with E-state index in [1.807, 2.05) is 0 Å². The number of hydrogen-bond acceptors (Lipinski definition) is 3. The number of rotatable bonds is 10. The van der Waals surface area contributed by atoms with E-state index in [9.17, 15) is 4.79 Å². The van der Waals surface area contributed by atoms with E-state index in [-0.39, 0.29) is 5.97 Å². The molecule has 0 atom stereocenters. The predicted molar refractivity (Wildman–Crippen MR) is 78.1 cm³/mol. The fraction of sp³-hybridized carbons (Fsp3) is 0.562. The van der Waals surface area contributed by atoms with Crippen LogP contribution in [0.5, 0.6) is 0 Å². The van der Waals surface area contributed by atoms with Gasteiger partial charge in [0, 0.05) is 6.42 Å². The molecule has 0 aliphatic rings. The molecule has 0 spiro atoms. The lowest BCUT2D eigenvalue weighted by molar-refractivity contribution is -0.140. The number of ether oxygens (including phenoxy) is 1. The number of benzene rings is 1. The molecule has 0 amide bonds. The molecular formula is C16H25NO2. The molecule has 0 unspecified atom stereocenters. The smallest absolute Gasteiger partial charge is 0.305 e. The highest BCUT2D eigenvalue weighted by Crippen LogP contribution is 2.02. The Hall–Kier alpha value is -1.35. The van der Waals surface area contributed by atoms with Crippen LogP contribution in [-0.2, 0) is 16.0 Å². The summed E-state index contributed by atoms with van der Waals surface area (Å²) in [5, 5.41) is 3.44. The van der Waals surface area contributed by atoms with Gasteiger partial charge in [0.15, 0.2) is 0 Å². The predicted octanol–water partition coefficient (Wildman–Crippen LogP) is 2.94. The highest BCUT2D eigenvalue weighted by molar-refractivity contribution is 5.68. The van der Waals surface area contributed by atoms with Crippen LogP contribution in [0, 0.1) is 0 Å². The third kappa shape index (κ3) is 8.38. The van der Waals surface area contributed by atoms with Gasteiger partial charge in [0.05, 0.1) is 7.11 Å².